The third kappa shape index (κ3) is 2.27. The average Bonchev–Trinajstić information content (AvgIpc) is 2.25. The van der Waals surface area contributed by atoms with E-state index in [0.717, 1.165) is 0 Å². The summed E-state index contributed by atoms with van der Waals surface area (Å²) in [5, 5.41) is 46.3. The van der Waals surface area contributed by atoms with Crippen LogP contribution < -0.4 is 5.73 Å². The van der Waals surface area contributed by atoms with Gasteiger partial charge in [0.05, 0.1) is 18.1 Å². The van der Waals surface area contributed by atoms with E-state index in [9.17, 15) is 25.2 Å². The number of aliphatic hydroxyl groups excluding tert-OH is 4. The Bertz CT molecular complexity index is 247. The van der Waals surface area contributed by atoms with Gasteiger partial charge in [0.1, 0.15) is 12.2 Å². The van der Waals surface area contributed by atoms with Crippen LogP contribution in [0.3, 0.4) is 0 Å². The van der Waals surface area contributed by atoms with Crippen LogP contribution in [0.15, 0.2) is 0 Å². The largest absolute Gasteiger partial charge is 0.481 e. The zero-order valence-corrected chi connectivity index (χ0v) is 7.89. The number of carbonyl (C=O) groups is 1. The number of hydrogen-bond donors (Lipinski definition) is 6. The molecule has 15 heavy (non-hydrogen) atoms. The standard InChI is InChI=1S/C8H15NO6/c9-3-1-2(8(14)15)4(10)6(12)7(13)5(3)11/h2-7,10-13H,1,9H2,(H,14,15)/t2-,3+,4+,5-,6-,7-/m0/s1. The Labute approximate surface area is 85.8 Å². The molecule has 1 rings (SSSR count). The van der Waals surface area contributed by atoms with Gasteiger partial charge in [0.2, 0.25) is 0 Å². The molecule has 7 heteroatoms. The van der Waals surface area contributed by atoms with Gasteiger partial charge in [-0.05, 0) is 6.42 Å². The van der Waals surface area contributed by atoms with Gasteiger partial charge in [0.15, 0.2) is 0 Å². The maximum Gasteiger partial charge on any atom is 0.309 e. The van der Waals surface area contributed by atoms with Crippen molar-refractivity contribution in [2.24, 2.45) is 11.7 Å². The Kier molecular flexibility index (Phi) is 3.63. The second kappa shape index (κ2) is 4.42. The highest BCUT2D eigenvalue weighted by atomic mass is 16.4. The highest BCUT2D eigenvalue weighted by Crippen LogP contribution is 2.24. The number of aliphatic carboxylic acids is 1. The van der Waals surface area contributed by atoms with Crippen LogP contribution in [-0.4, -0.2) is 62.0 Å². The Hall–Kier alpha value is -0.730. The van der Waals surface area contributed by atoms with E-state index in [0.29, 0.717) is 0 Å². The van der Waals surface area contributed by atoms with E-state index in [1.807, 2.05) is 0 Å². The molecule has 7 N–H and O–H groups in total. The molecule has 0 aromatic heterocycles. The van der Waals surface area contributed by atoms with E-state index in [1.54, 1.807) is 0 Å². The lowest BCUT2D eigenvalue weighted by molar-refractivity contribution is -0.152. The minimum atomic E-state index is -1.71. The molecule has 0 bridgehead atoms. The summed E-state index contributed by atoms with van der Waals surface area (Å²) < 4.78 is 0. The van der Waals surface area contributed by atoms with Gasteiger partial charge < -0.3 is 31.3 Å². The maximum atomic E-state index is 10.7. The molecule has 1 saturated carbocycles. The first-order valence-electron chi connectivity index (χ1n) is 4.57. The van der Waals surface area contributed by atoms with E-state index in [2.05, 4.69) is 0 Å². The SMILES string of the molecule is N[C@@H]1C[C@H](C(=O)O)[C@@H](O)[C@H](O)[C@@H](O)[C@H]1O. The molecule has 88 valence electrons. The number of rotatable bonds is 1. The van der Waals surface area contributed by atoms with Crippen LogP contribution in [0.4, 0.5) is 0 Å². The first kappa shape index (κ1) is 12.3. The molecule has 0 aliphatic heterocycles. The van der Waals surface area contributed by atoms with Crippen molar-refractivity contribution >= 4 is 5.97 Å². The fourth-order valence-corrected chi connectivity index (χ4v) is 1.71. The zero-order valence-electron chi connectivity index (χ0n) is 7.89. The topological polar surface area (TPSA) is 144 Å². The molecule has 0 saturated heterocycles. The zero-order chi connectivity index (χ0) is 11.7. The molecule has 1 fully saturated rings. The van der Waals surface area contributed by atoms with Crippen LogP contribution >= 0.6 is 0 Å². The predicted octanol–water partition coefficient (Wildman–Crippen LogP) is -3.14. The third-order valence-corrected chi connectivity index (χ3v) is 2.74. The lowest BCUT2D eigenvalue weighted by atomic mass is 9.95. The van der Waals surface area contributed by atoms with Gasteiger partial charge in [0, 0.05) is 6.04 Å². The second-order valence-corrected chi connectivity index (χ2v) is 3.81. The van der Waals surface area contributed by atoms with Crippen molar-refractivity contribution in [1.82, 2.24) is 0 Å². The highest BCUT2D eigenvalue weighted by Gasteiger charge is 2.44. The summed E-state index contributed by atoms with van der Waals surface area (Å²) >= 11 is 0. The van der Waals surface area contributed by atoms with Crippen LogP contribution in [0.2, 0.25) is 0 Å². The minimum Gasteiger partial charge on any atom is -0.481 e. The van der Waals surface area contributed by atoms with Crippen molar-refractivity contribution in [3.63, 3.8) is 0 Å². The number of aliphatic hydroxyl groups is 4. The highest BCUT2D eigenvalue weighted by molar-refractivity contribution is 5.71. The molecule has 0 heterocycles. The molecular weight excluding hydrogens is 206 g/mol. The fraction of sp³-hybridized carbons (Fsp3) is 0.875. The summed E-state index contributed by atoms with van der Waals surface area (Å²) in [6, 6.07) is -0.993. The van der Waals surface area contributed by atoms with Crippen LogP contribution in [0.5, 0.6) is 0 Å². The predicted molar refractivity (Wildman–Crippen MR) is 47.7 cm³/mol. The van der Waals surface area contributed by atoms with E-state index < -0.39 is 42.3 Å². The quantitative estimate of drug-likeness (QED) is 0.257. The van der Waals surface area contributed by atoms with Gasteiger partial charge in [-0.15, -0.1) is 0 Å². The Balaban J connectivity index is 2.92. The smallest absolute Gasteiger partial charge is 0.309 e. The molecule has 0 spiro atoms. The average molecular weight is 221 g/mol. The Morgan fingerprint density at radius 2 is 1.47 bits per heavy atom. The van der Waals surface area contributed by atoms with Gasteiger partial charge in [-0.2, -0.15) is 0 Å². The van der Waals surface area contributed by atoms with E-state index in [1.165, 1.54) is 0 Å². The molecule has 0 amide bonds. The summed E-state index contributed by atoms with van der Waals surface area (Å²) in [4.78, 5) is 10.7. The number of carboxylic acid groups (broad SMARTS) is 1. The summed E-state index contributed by atoms with van der Waals surface area (Å²) in [7, 11) is 0. The monoisotopic (exact) mass is 221 g/mol. The van der Waals surface area contributed by atoms with Crippen LogP contribution in [0.25, 0.3) is 0 Å². The van der Waals surface area contributed by atoms with E-state index in [4.69, 9.17) is 10.8 Å². The van der Waals surface area contributed by atoms with Crippen molar-refractivity contribution < 1.29 is 30.3 Å². The van der Waals surface area contributed by atoms with Crippen molar-refractivity contribution in [2.75, 3.05) is 0 Å². The van der Waals surface area contributed by atoms with E-state index in [-0.39, 0.29) is 6.42 Å². The van der Waals surface area contributed by atoms with Gasteiger partial charge >= 0.3 is 5.97 Å². The fourth-order valence-electron chi connectivity index (χ4n) is 1.71. The van der Waals surface area contributed by atoms with Crippen LogP contribution in [0, 0.1) is 5.92 Å². The van der Waals surface area contributed by atoms with Gasteiger partial charge in [-0.1, -0.05) is 0 Å². The minimum absolute atomic E-state index is 0.203. The van der Waals surface area contributed by atoms with Crippen molar-refractivity contribution in [1.29, 1.82) is 0 Å². The molecule has 0 radical (unpaired) electrons. The van der Waals surface area contributed by atoms with Gasteiger partial charge in [-0.25, -0.2) is 0 Å². The maximum absolute atomic E-state index is 10.7. The molecule has 1 aliphatic carbocycles. The first-order chi connectivity index (χ1) is 6.86. The summed E-state index contributed by atoms with van der Waals surface area (Å²) in [6.45, 7) is 0. The molecule has 0 unspecified atom stereocenters. The molecular formula is C8H15NO6. The summed E-state index contributed by atoms with van der Waals surface area (Å²) in [6.07, 6.45) is -6.64. The lowest BCUT2D eigenvalue weighted by Crippen LogP contribution is -2.48. The summed E-state index contributed by atoms with van der Waals surface area (Å²) in [5.41, 5.74) is 5.43. The molecule has 1 aliphatic rings. The Morgan fingerprint density at radius 1 is 1.00 bits per heavy atom. The lowest BCUT2D eigenvalue weighted by Gasteiger charge is -2.24. The molecule has 6 atom stereocenters. The third-order valence-electron chi connectivity index (χ3n) is 2.74. The van der Waals surface area contributed by atoms with Crippen LogP contribution in [0.1, 0.15) is 6.42 Å². The van der Waals surface area contributed by atoms with E-state index >= 15 is 0 Å². The molecule has 7 nitrogen and oxygen atoms in total. The van der Waals surface area contributed by atoms with Crippen LogP contribution in [-0.2, 0) is 4.79 Å². The molecule has 0 aromatic carbocycles. The first-order valence-corrected chi connectivity index (χ1v) is 4.57. The Morgan fingerprint density at radius 3 is 1.93 bits per heavy atom. The van der Waals surface area contributed by atoms with Crippen molar-refractivity contribution in [2.45, 2.75) is 36.9 Å². The van der Waals surface area contributed by atoms with Crippen molar-refractivity contribution in [3.05, 3.63) is 0 Å². The normalized spacial score (nSPS) is 47.3. The second-order valence-electron chi connectivity index (χ2n) is 3.81. The molecule has 0 aromatic rings. The summed E-state index contributed by atoms with van der Waals surface area (Å²) in [5.74, 6) is -2.61. The number of hydrogen-bond acceptors (Lipinski definition) is 6. The van der Waals surface area contributed by atoms with Gasteiger partial charge in [0.25, 0.3) is 0 Å². The number of carboxylic acids is 1. The number of nitrogens with two attached hydrogens (primary N) is 1. The van der Waals surface area contributed by atoms with Gasteiger partial charge in [-0.3, -0.25) is 4.79 Å². The van der Waals surface area contributed by atoms with Crippen molar-refractivity contribution in [3.8, 4) is 0 Å².